The Balaban J connectivity index is 0.00000320. The fourth-order valence-electron chi connectivity index (χ4n) is 2.95. The molecule has 0 bridgehead atoms. The number of nitrogens with zero attached hydrogens (tertiary/aromatic N) is 2. The molecule has 3 rings (SSSR count). The van der Waals surface area contributed by atoms with Gasteiger partial charge in [-0.3, -0.25) is 4.99 Å². The lowest BCUT2D eigenvalue weighted by atomic mass is 10.2. The van der Waals surface area contributed by atoms with E-state index in [1.54, 1.807) is 18.4 Å². The molecule has 166 valence electrons. The van der Waals surface area contributed by atoms with Crippen molar-refractivity contribution in [3.8, 4) is 11.5 Å². The maximum absolute atomic E-state index is 13.0. The molecule has 1 aliphatic rings. The number of hydrogen-bond acceptors (Lipinski definition) is 5. The predicted octanol–water partition coefficient (Wildman–Crippen LogP) is 3.39. The summed E-state index contributed by atoms with van der Waals surface area (Å²) in [6, 6.07) is 6.10. The molecule has 0 radical (unpaired) electrons. The third-order valence-corrected chi connectivity index (χ3v) is 4.47. The highest BCUT2D eigenvalue weighted by atomic mass is 127. The van der Waals surface area contributed by atoms with Crippen LogP contribution in [-0.4, -0.2) is 56.5 Å². The van der Waals surface area contributed by atoms with Gasteiger partial charge in [0.2, 0.25) is 5.89 Å². The van der Waals surface area contributed by atoms with Gasteiger partial charge in [-0.2, -0.15) is 0 Å². The zero-order valence-corrected chi connectivity index (χ0v) is 19.6. The van der Waals surface area contributed by atoms with Crippen LogP contribution < -0.4 is 10.6 Å². The van der Waals surface area contributed by atoms with Crippen molar-refractivity contribution in [2.75, 3.05) is 39.5 Å². The van der Waals surface area contributed by atoms with Crippen LogP contribution in [-0.2, 0) is 15.9 Å². The fourth-order valence-corrected chi connectivity index (χ4v) is 2.95. The van der Waals surface area contributed by atoms with Crippen molar-refractivity contribution in [3.05, 3.63) is 42.0 Å². The summed E-state index contributed by atoms with van der Waals surface area (Å²) in [5.74, 6) is 0.992. The Morgan fingerprint density at radius 1 is 1.30 bits per heavy atom. The first kappa shape index (κ1) is 24.5. The number of hydrogen-bond donors (Lipinski definition) is 2. The van der Waals surface area contributed by atoms with E-state index in [1.807, 2.05) is 6.92 Å². The van der Waals surface area contributed by atoms with Gasteiger partial charge in [0.25, 0.3) is 0 Å². The number of aliphatic imine (C=N–C) groups is 1. The summed E-state index contributed by atoms with van der Waals surface area (Å²) in [6.45, 7) is 6.40. The lowest BCUT2D eigenvalue weighted by molar-refractivity contribution is 0.0424. The number of aromatic nitrogens is 1. The highest BCUT2D eigenvalue weighted by Gasteiger charge is 2.15. The minimum Gasteiger partial charge on any atom is -0.444 e. The molecule has 1 fully saturated rings. The topological polar surface area (TPSA) is 80.9 Å². The Morgan fingerprint density at radius 3 is 2.87 bits per heavy atom. The van der Waals surface area contributed by atoms with E-state index in [-0.39, 0.29) is 35.9 Å². The summed E-state index contributed by atoms with van der Waals surface area (Å²) >= 11 is 0. The zero-order chi connectivity index (χ0) is 20.3. The van der Waals surface area contributed by atoms with E-state index in [0.717, 1.165) is 43.2 Å². The molecule has 1 saturated heterocycles. The van der Waals surface area contributed by atoms with Gasteiger partial charge in [0.1, 0.15) is 12.1 Å². The molecule has 0 aliphatic carbocycles. The highest BCUT2D eigenvalue weighted by Crippen LogP contribution is 2.19. The van der Waals surface area contributed by atoms with Gasteiger partial charge < -0.3 is 24.5 Å². The van der Waals surface area contributed by atoms with Gasteiger partial charge in [-0.15, -0.1) is 24.0 Å². The third-order valence-electron chi connectivity index (χ3n) is 4.47. The molecule has 2 aromatic rings. The molecule has 1 aromatic heterocycles. The fraction of sp³-hybridized carbons (Fsp3) is 0.524. The van der Waals surface area contributed by atoms with Crippen LogP contribution in [0.1, 0.15) is 25.5 Å². The van der Waals surface area contributed by atoms with Gasteiger partial charge in [-0.25, -0.2) is 9.37 Å². The van der Waals surface area contributed by atoms with Crippen LogP contribution >= 0.6 is 24.0 Å². The quantitative estimate of drug-likeness (QED) is 0.212. The molecule has 0 amide bonds. The second-order valence-corrected chi connectivity index (χ2v) is 6.80. The second-order valence-electron chi connectivity index (χ2n) is 6.80. The Hall–Kier alpha value is -1.72. The molecular weight excluding hydrogens is 502 g/mol. The molecule has 1 unspecified atom stereocenters. The van der Waals surface area contributed by atoms with Gasteiger partial charge in [0.15, 0.2) is 5.96 Å². The number of halogens is 2. The number of ether oxygens (including phenoxy) is 2. The van der Waals surface area contributed by atoms with Crippen molar-refractivity contribution >= 4 is 29.9 Å². The van der Waals surface area contributed by atoms with Gasteiger partial charge >= 0.3 is 0 Å². The van der Waals surface area contributed by atoms with Crippen LogP contribution in [0, 0.1) is 5.82 Å². The van der Waals surface area contributed by atoms with Gasteiger partial charge in [0, 0.05) is 44.8 Å². The van der Waals surface area contributed by atoms with Crippen molar-refractivity contribution in [3.63, 3.8) is 0 Å². The summed E-state index contributed by atoms with van der Waals surface area (Å²) < 4.78 is 29.6. The Labute approximate surface area is 193 Å². The third kappa shape index (κ3) is 8.19. The Kier molecular flexibility index (Phi) is 11.1. The predicted molar refractivity (Wildman–Crippen MR) is 125 cm³/mol. The van der Waals surface area contributed by atoms with Crippen molar-refractivity contribution in [1.82, 2.24) is 15.6 Å². The largest absolute Gasteiger partial charge is 0.444 e. The van der Waals surface area contributed by atoms with Crippen LogP contribution in [0.15, 0.2) is 39.9 Å². The summed E-state index contributed by atoms with van der Waals surface area (Å²) in [5.41, 5.74) is 1.59. The highest BCUT2D eigenvalue weighted by molar-refractivity contribution is 14.0. The monoisotopic (exact) mass is 532 g/mol. The van der Waals surface area contributed by atoms with E-state index in [0.29, 0.717) is 38.6 Å². The molecule has 2 heterocycles. The standard InChI is InChI=1S/C21H29FN4O3.HI/c1-2-23-21(24-10-3-12-28-19-9-13-27-15-19)25-11-8-18-14-29-20(26-18)16-4-6-17(22)7-5-16;/h4-7,14,19H,2-3,8-13,15H2,1H3,(H2,23,24,25);1H. The smallest absolute Gasteiger partial charge is 0.226 e. The maximum Gasteiger partial charge on any atom is 0.226 e. The van der Waals surface area contributed by atoms with Gasteiger partial charge in [0.05, 0.1) is 18.4 Å². The SMILES string of the molecule is CCNC(=NCCCOC1CCOC1)NCCc1coc(-c2ccc(F)cc2)n1.I. The first-order valence-electron chi connectivity index (χ1n) is 10.2. The lowest BCUT2D eigenvalue weighted by Crippen LogP contribution is -2.38. The van der Waals surface area contributed by atoms with Gasteiger partial charge in [-0.05, 0) is 44.0 Å². The molecule has 9 heteroatoms. The van der Waals surface area contributed by atoms with E-state index in [2.05, 4.69) is 20.6 Å². The Morgan fingerprint density at radius 2 is 2.13 bits per heavy atom. The molecule has 1 aromatic carbocycles. The van der Waals surface area contributed by atoms with Crippen LogP contribution in [0.25, 0.3) is 11.5 Å². The van der Waals surface area contributed by atoms with Crippen molar-refractivity contribution < 1.29 is 18.3 Å². The molecule has 2 N–H and O–H groups in total. The van der Waals surface area contributed by atoms with E-state index in [1.165, 1.54) is 12.1 Å². The van der Waals surface area contributed by atoms with E-state index < -0.39 is 0 Å². The summed E-state index contributed by atoms with van der Waals surface area (Å²) in [7, 11) is 0. The van der Waals surface area contributed by atoms with Crippen LogP contribution in [0.2, 0.25) is 0 Å². The van der Waals surface area contributed by atoms with Crippen LogP contribution in [0.5, 0.6) is 0 Å². The number of oxazole rings is 1. The normalized spacial score (nSPS) is 16.3. The summed E-state index contributed by atoms with van der Waals surface area (Å²) in [5, 5.41) is 6.54. The first-order chi connectivity index (χ1) is 14.2. The molecule has 0 saturated carbocycles. The van der Waals surface area contributed by atoms with Gasteiger partial charge in [-0.1, -0.05) is 0 Å². The molecule has 1 aliphatic heterocycles. The average Bonchev–Trinajstić information content (AvgIpc) is 3.40. The number of guanidine groups is 1. The zero-order valence-electron chi connectivity index (χ0n) is 17.2. The molecule has 1 atom stereocenters. The first-order valence-corrected chi connectivity index (χ1v) is 10.2. The number of nitrogens with one attached hydrogen (secondary N) is 2. The van der Waals surface area contributed by atoms with E-state index >= 15 is 0 Å². The molecule has 30 heavy (non-hydrogen) atoms. The van der Waals surface area contributed by atoms with Crippen molar-refractivity contribution in [1.29, 1.82) is 0 Å². The molecular formula is C21H30FIN4O3. The minimum atomic E-state index is -0.279. The molecule has 0 spiro atoms. The summed E-state index contributed by atoms with van der Waals surface area (Å²) in [6.07, 6.45) is 4.43. The van der Waals surface area contributed by atoms with Crippen molar-refractivity contribution in [2.45, 2.75) is 32.3 Å². The number of rotatable bonds is 10. The van der Waals surface area contributed by atoms with Crippen LogP contribution in [0.4, 0.5) is 4.39 Å². The second kappa shape index (κ2) is 13.6. The average molecular weight is 532 g/mol. The minimum absolute atomic E-state index is 0. The number of benzene rings is 1. The van der Waals surface area contributed by atoms with Crippen LogP contribution in [0.3, 0.4) is 0 Å². The lowest BCUT2D eigenvalue weighted by Gasteiger charge is -2.11. The van der Waals surface area contributed by atoms with E-state index in [4.69, 9.17) is 13.9 Å². The molecule has 7 nitrogen and oxygen atoms in total. The Bertz CT molecular complexity index is 764. The summed E-state index contributed by atoms with van der Waals surface area (Å²) in [4.78, 5) is 9.03. The van der Waals surface area contributed by atoms with E-state index in [9.17, 15) is 4.39 Å². The van der Waals surface area contributed by atoms with Crippen molar-refractivity contribution in [2.24, 2.45) is 4.99 Å². The maximum atomic E-state index is 13.0.